The Hall–Kier alpha value is -0.600. The molecule has 3 rings (SSSR count). The molecule has 0 saturated heterocycles. The van der Waals surface area contributed by atoms with Crippen LogP contribution >= 0.6 is 7.71 Å². The van der Waals surface area contributed by atoms with Crippen LogP contribution in [0.3, 0.4) is 0 Å². The van der Waals surface area contributed by atoms with Crippen LogP contribution in [0.4, 0.5) is 0 Å². The first-order chi connectivity index (χ1) is 11.2. The first-order valence-electron chi connectivity index (χ1n) is 9.06. The molecule has 2 aliphatic rings. The molecule has 2 aliphatic carbocycles. The van der Waals surface area contributed by atoms with E-state index in [-0.39, 0.29) is 0 Å². The smallest absolute Gasteiger partial charge is 0.199 e. The Bertz CT molecular complexity index is 610. The monoisotopic (exact) mass is 353 g/mol. The van der Waals surface area contributed by atoms with Crippen molar-refractivity contribution in [2.24, 2.45) is 4.15 Å². The fourth-order valence-electron chi connectivity index (χ4n) is 4.06. The zero-order valence-corrected chi connectivity index (χ0v) is 15.6. The van der Waals surface area contributed by atoms with Crippen molar-refractivity contribution in [3.8, 4) is 0 Å². The van der Waals surface area contributed by atoms with E-state index >= 15 is 0 Å². The quantitative estimate of drug-likeness (QED) is 0.677. The highest BCUT2D eigenvalue weighted by atomic mass is 32.2. The third-order valence-corrected chi connectivity index (χ3v) is 10.8. The van der Waals surface area contributed by atoms with E-state index in [0.29, 0.717) is 16.2 Å². The molecule has 0 N–H and O–H groups in total. The Labute approximate surface area is 141 Å². The molecule has 2 saturated carbocycles. The number of sulfonamides is 1. The van der Waals surface area contributed by atoms with E-state index in [0.717, 1.165) is 0 Å². The summed E-state index contributed by atoms with van der Waals surface area (Å²) >= 11 is 0. The molecule has 0 aliphatic heterocycles. The fourth-order valence-corrected chi connectivity index (χ4v) is 9.95. The summed E-state index contributed by atoms with van der Waals surface area (Å²) in [6, 6.07) is 8.79. The Morgan fingerprint density at radius 2 is 1.26 bits per heavy atom. The summed E-state index contributed by atoms with van der Waals surface area (Å²) < 4.78 is 30.2. The standard InChI is InChI=1S/C18H28NO2PS/c20-23(21,18-14-8-3-9-15-18)19-22(16-10-4-1-5-11-16)17-12-6-2-7-13-17/h3,8-9,14-17,22H,1-2,4-7,10-13H2. The molecule has 128 valence electrons. The van der Waals surface area contributed by atoms with Crippen molar-refractivity contribution in [1.29, 1.82) is 0 Å². The van der Waals surface area contributed by atoms with Crippen molar-refractivity contribution in [3.05, 3.63) is 30.3 Å². The largest absolute Gasteiger partial charge is 0.280 e. The molecule has 0 spiro atoms. The van der Waals surface area contributed by atoms with Gasteiger partial charge in [-0.3, -0.25) is 0 Å². The molecule has 0 amide bonds. The van der Waals surface area contributed by atoms with Gasteiger partial charge in [0.25, 0.3) is 10.0 Å². The van der Waals surface area contributed by atoms with E-state index in [4.69, 9.17) is 0 Å². The topological polar surface area (TPSA) is 46.5 Å². The van der Waals surface area contributed by atoms with Crippen LogP contribution in [0.25, 0.3) is 0 Å². The van der Waals surface area contributed by atoms with E-state index in [9.17, 15) is 8.42 Å². The SMILES string of the molecule is O=S(=O)(N=[PH](C1CCCCC1)C1CCCCC1)c1ccccc1. The van der Waals surface area contributed by atoms with Gasteiger partial charge in [0, 0.05) is 0 Å². The van der Waals surface area contributed by atoms with Crippen LogP contribution in [0.15, 0.2) is 39.4 Å². The first-order valence-corrected chi connectivity index (χ1v) is 12.1. The number of benzene rings is 1. The predicted octanol–water partition coefficient (Wildman–Crippen LogP) is 5.44. The molecule has 0 bridgehead atoms. The van der Waals surface area contributed by atoms with Crippen molar-refractivity contribution in [1.82, 2.24) is 0 Å². The van der Waals surface area contributed by atoms with E-state index in [1.165, 1.54) is 64.2 Å². The van der Waals surface area contributed by atoms with Crippen LogP contribution in [0.5, 0.6) is 0 Å². The molecule has 0 atom stereocenters. The summed E-state index contributed by atoms with van der Waals surface area (Å²) in [5.41, 5.74) is 1.13. The van der Waals surface area contributed by atoms with Gasteiger partial charge < -0.3 is 0 Å². The average Bonchev–Trinajstić information content (AvgIpc) is 2.62. The fraction of sp³-hybridized carbons (Fsp3) is 0.667. The van der Waals surface area contributed by atoms with E-state index < -0.39 is 17.7 Å². The third-order valence-electron chi connectivity index (χ3n) is 5.31. The number of rotatable bonds is 4. The normalized spacial score (nSPS) is 21.4. The number of nitrogens with zero attached hydrogens (tertiary/aromatic N) is 1. The predicted molar refractivity (Wildman–Crippen MR) is 98.1 cm³/mol. The van der Waals surface area contributed by atoms with Gasteiger partial charge in [0.1, 0.15) is 0 Å². The zero-order chi connectivity index (χ0) is 16.1. The Kier molecular flexibility index (Phi) is 5.98. The number of hydrogen-bond donors (Lipinski definition) is 0. The minimum absolute atomic E-state index is 0.370. The third kappa shape index (κ3) is 4.48. The molecule has 2 fully saturated rings. The Balaban J connectivity index is 1.92. The lowest BCUT2D eigenvalue weighted by Crippen LogP contribution is -2.17. The van der Waals surface area contributed by atoms with Crippen LogP contribution in [0.1, 0.15) is 64.2 Å². The molecule has 1 aromatic rings. The van der Waals surface area contributed by atoms with Gasteiger partial charge in [-0.15, -0.1) is 0 Å². The number of hydrogen-bond acceptors (Lipinski definition) is 2. The lowest BCUT2D eigenvalue weighted by molar-refractivity contribution is 0.487. The maximum absolute atomic E-state index is 12.8. The second-order valence-electron chi connectivity index (χ2n) is 6.97. The van der Waals surface area contributed by atoms with Crippen LogP contribution in [-0.4, -0.2) is 19.7 Å². The van der Waals surface area contributed by atoms with Gasteiger partial charge in [-0.1, -0.05) is 56.7 Å². The van der Waals surface area contributed by atoms with E-state index in [1.807, 2.05) is 6.07 Å². The van der Waals surface area contributed by atoms with Crippen LogP contribution in [0, 0.1) is 0 Å². The highest BCUT2D eigenvalue weighted by molar-refractivity contribution is 7.92. The molecule has 0 radical (unpaired) electrons. The second-order valence-corrected chi connectivity index (χ2v) is 11.6. The highest BCUT2D eigenvalue weighted by Gasteiger charge is 2.28. The maximum Gasteiger partial charge on any atom is 0.280 e. The van der Waals surface area contributed by atoms with Crippen molar-refractivity contribution >= 4 is 17.7 Å². The van der Waals surface area contributed by atoms with Crippen LogP contribution in [-0.2, 0) is 10.0 Å². The highest BCUT2D eigenvalue weighted by Crippen LogP contribution is 2.50. The molecular weight excluding hydrogens is 325 g/mol. The van der Waals surface area contributed by atoms with Gasteiger partial charge in [-0.25, -0.2) is 0 Å². The summed E-state index contributed by atoms with van der Waals surface area (Å²) in [5.74, 6) is 0. The molecule has 5 heteroatoms. The Morgan fingerprint density at radius 1 is 0.783 bits per heavy atom. The van der Waals surface area contributed by atoms with Gasteiger partial charge in [-0.2, -0.15) is 12.6 Å². The zero-order valence-electron chi connectivity index (χ0n) is 13.8. The molecular formula is C18H28NO2PS. The van der Waals surface area contributed by atoms with Crippen molar-refractivity contribution < 1.29 is 8.42 Å². The maximum atomic E-state index is 12.8. The first kappa shape index (κ1) is 17.2. The summed E-state index contributed by atoms with van der Waals surface area (Å²) in [7, 11) is -4.70. The summed E-state index contributed by atoms with van der Waals surface area (Å²) in [4.78, 5) is 0.370. The molecule has 23 heavy (non-hydrogen) atoms. The van der Waals surface area contributed by atoms with Gasteiger partial charge in [0.05, 0.1) is 4.90 Å². The van der Waals surface area contributed by atoms with E-state index in [2.05, 4.69) is 4.15 Å². The lowest BCUT2D eigenvalue weighted by Gasteiger charge is -2.32. The Morgan fingerprint density at radius 3 is 1.74 bits per heavy atom. The molecule has 1 aromatic carbocycles. The van der Waals surface area contributed by atoms with Crippen molar-refractivity contribution in [2.75, 3.05) is 0 Å². The summed E-state index contributed by atoms with van der Waals surface area (Å²) in [6.45, 7) is 0. The summed E-state index contributed by atoms with van der Waals surface area (Å²) in [5, 5.41) is 0. The van der Waals surface area contributed by atoms with Crippen molar-refractivity contribution in [3.63, 3.8) is 0 Å². The van der Waals surface area contributed by atoms with Gasteiger partial charge in [0.15, 0.2) is 0 Å². The lowest BCUT2D eigenvalue weighted by atomic mass is 10.00. The van der Waals surface area contributed by atoms with E-state index in [1.54, 1.807) is 24.3 Å². The van der Waals surface area contributed by atoms with Gasteiger partial charge in [0.2, 0.25) is 0 Å². The molecule has 0 aromatic heterocycles. The molecule has 0 unspecified atom stereocenters. The van der Waals surface area contributed by atoms with Crippen LogP contribution in [0.2, 0.25) is 0 Å². The van der Waals surface area contributed by atoms with Gasteiger partial charge in [-0.05, 0) is 56.8 Å². The molecule has 3 nitrogen and oxygen atoms in total. The van der Waals surface area contributed by atoms with Crippen molar-refractivity contribution in [2.45, 2.75) is 80.4 Å². The molecule has 0 heterocycles. The minimum atomic E-state index is -3.49. The second kappa shape index (κ2) is 7.98. The average molecular weight is 353 g/mol. The van der Waals surface area contributed by atoms with Gasteiger partial charge >= 0.3 is 0 Å². The summed E-state index contributed by atoms with van der Waals surface area (Å²) in [6.07, 6.45) is 12.4. The van der Waals surface area contributed by atoms with Crippen LogP contribution < -0.4 is 0 Å². The minimum Gasteiger partial charge on any atom is -0.199 e.